The van der Waals surface area contributed by atoms with Crippen molar-refractivity contribution in [1.82, 2.24) is 0 Å². The van der Waals surface area contributed by atoms with Gasteiger partial charge in [0.1, 0.15) is 5.82 Å². The molecule has 0 saturated heterocycles. The molecule has 0 aliphatic rings. The zero-order chi connectivity index (χ0) is 14.7. The standard InChI is InChI=1S/C17H21FN2/c1-4-20(15-7-5-6-12(2)10-15)17-9-8-14(18)11-16(17)13(3)19/h5-11,13H,4,19H2,1-3H3/t13-/m1/s1. The zero-order valence-corrected chi connectivity index (χ0v) is 12.2. The van der Waals surface area contributed by atoms with Crippen molar-refractivity contribution in [2.75, 3.05) is 11.4 Å². The topological polar surface area (TPSA) is 29.3 Å². The molecule has 0 aromatic heterocycles. The van der Waals surface area contributed by atoms with E-state index >= 15 is 0 Å². The van der Waals surface area contributed by atoms with Crippen LogP contribution in [0.2, 0.25) is 0 Å². The van der Waals surface area contributed by atoms with Gasteiger partial charge >= 0.3 is 0 Å². The van der Waals surface area contributed by atoms with E-state index in [1.54, 1.807) is 6.07 Å². The van der Waals surface area contributed by atoms with Crippen molar-refractivity contribution in [1.29, 1.82) is 0 Å². The molecule has 0 bridgehead atoms. The third kappa shape index (κ3) is 2.99. The van der Waals surface area contributed by atoms with Crippen LogP contribution in [0.1, 0.15) is 31.0 Å². The summed E-state index contributed by atoms with van der Waals surface area (Å²) < 4.78 is 13.5. The van der Waals surface area contributed by atoms with E-state index in [9.17, 15) is 4.39 Å². The van der Waals surface area contributed by atoms with E-state index in [-0.39, 0.29) is 11.9 Å². The molecule has 3 heteroatoms. The molecule has 0 fully saturated rings. The van der Waals surface area contributed by atoms with Crippen molar-refractivity contribution in [3.05, 3.63) is 59.4 Å². The second kappa shape index (κ2) is 6.06. The molecule has 0 saturated carbocycles. The predicted octanol–water partition coefficient (Wildman–Crippen LogP) is 4.31. The first-order valence-corrected chi connectivity index (χ1v) is 6.92. The molecule has 0 amide bonds. The van der Waals surface area contributed by atoms with E-state index in [1.807, 2.05) is 13.0 Å². The smallest absolute Gasteiger partial charge is 0.123 e. The predicted molar refractivity (Wildman–Crippen MR) is 82.9 cm³/mol. The van der Waals surface area contributed by atoms with Crippen LogP contribution in [0.25, 0.3) is 0 Å². The summed E-state index contributed by atoms with van der Waals surface area (Å²) in [6.45, 7) is 6.82. The lowest BCUT2D eigenvalue weighted by atomic mass is 10.0. The Labute approximate surface area is 120 Å². The van der Waals surface area contributed by atoms with E-state index in [0.717, 1.165) is 23.5 Å². The molecule has 0 heterocycles. The first kappa shape index (κ1) is 14.5. The van der Waals surface area contributed by atoms with Crippen LogP contribution in [0, 0.1) is 12.7 Å². The Morgan fingerprint density at radius 3 is 2.55 bits per heavy atom. The molecule has 2 aromatic carbocycles. The van der Waals surface area contributed by atoms with Gasteiger partial charge in [0, 0.05) is 24.0 Å². The minimum Gasteiger partial charge on any atom is -0.341 e. The van der Waals surface area contributed by atoms with Crippen molar-refractivity contribution >= 4 is 11.4 Å². The Morgan fingerprint density at radius 1 is 1.20 bits per heavy atom. The number of hydrogen-bond donors (Lipinski definition) is 1. The number of rotatable bonds is 4. The molecule has 20 heavy (non-hydrogen) atoms. The number of nitrogens with two attached hydrogens (primary N) is 1. The Kier molecular flexibility index (Phi) is 4.40. The number of hydrogen-bond acceptors (Lipinski definition) is 2. The maximum Gasteiger partial charge on any atom is 0.123 e. The maximum absolute atomic E-state index is 13.5. The fourth-order valence-corrected chi connectivity index (χ4v) is 2.42. The van der Waals surface area contributed by atoms with Gasteiger partial charge in [-0.3, -0.25) is 0 Å². The number of halogens is 1. The van der Waals surface area contributed by atoms with Crippen LogP contribution in [-0.2, 0) is 0 Å². The van der Waals surface area contributed by atoms with E-state index in [4.69, 9.17) is 5.73 Å². The van der Waals surface area contributed by atoms with Crippen molar-refractivity contribution in [2.24, 2.45) is 5.73 Å². The van der Waals surface area contributed by atoms with E-state index < -0.39 is 0 Å². The molecule has 2 nitrogen and oxygen atoms in total. The third-order valence-corrected chi connectivity index (χ3v) is 3.40. The van der Waals surface area contributed by atoms with E-state index in [0.29, 0.717) is 0 Å². The Hall–Kier alpha value is -1.87. The Morgan fingerprint density at radius 2 is 1.95 bits per heavy atom. The highest BCUT2D eigenvalue weighted by Crippen LogP contribution is 2.32. The second-order valence-electron chi connectivity index (χ2n) is 5.08. The molecule has 2 N–H and O–H groups in total. The van der Waals surface area contributed by atoms with Gasteiger partial charge in [-0.15, -0.1) is 0 Å². The van der Waals surface area contributed by atoms with Crippen LogP contribution in [0.4, 0.5) is 15.8 Å². The highest BCUT2D eigenvalue weighted by Gasteiger charge is 2.15. The van der Waals surface area contributed by atoms with Gasteiger partial charge in [0.25, 0.3) is 0 Å². The second-order valence-corrected chi connectivity index (χ2v) is 5.08. The third-order valence-electron chi connectivity index (χ3n) is 3.40. The summed E-state index contributed by atoms with van der Waals surface area (Å²) >= 11 is 0. The fraction of sp³-hybridized carbons (Fsp3) is 0.294. The molecule has 2 rings (SSSR count). The van der Waals surface area contributed by atoms with Gasteiger partial charge in [0.15, 0.2) is 0 Å². The minimum absolute atomic E-state index is 0.209. The first-order valence-electron chi connectivity index (χ1n) is 6.92. The van der Waals surface area contributed by atoms with Crippen molar-refractivity contribution < 1.29 is 4.39 Å². The quantitative estimate of drug-likeness (QED) is 0.898. The lowest BCUT2D eigenvalue weighted by Crippen LogP contribution is -2.20. The van der Waals surface area contributed by atoms with Gasteiger partial charge in [0.05, 0.1) is 0 Å². The average molecular weight is 272 g/mol. The molecule has 0 aliphatic heterocycles. The SMILES string of the molecule is CCN(c1cccc(C)c1)c1ccc(F)cc1[C@@H](C)N. The molecule has 0 spiro atoms. The molecule has 0 unspecified atom stereocenters. The van der Waals surface area contributed by atoms with Gasteiger partial charge in [-0.2, -0.15) is 0 Å². The lowest BCUT2D eigenvalue weighted by molar-refractivity contribution is 0.622. The largest absolute Gasteiger partial charge is 0.341 e. The monoisotopic (exact) mass is 272 g/mol. The van der Waals surface area contributed by atoms with Crippen molar-refractivity contribution in [3.63, 3.8) is 0 Å². The summed E-state index contributed by atoms with van der Waals surface area (Å²) in [4.78, 5) is 2.16. The summed E-state index contributed by atoms with van der Waals surface area (Å²) in [7, 11) is 0. The summed E-state index contributed by atoms with van der Waals surface area (Å²) in [5, 5.41) is 0. The molecule has 2 aromatic rings. The number of anilines is 2. The van der Waals surface area contributed by atoms with Crippen LogP contribution in [0.3, 0.4) is 0 Å². The van der Waals surface area contributed by atoms with Crippen LogP contribution in [0.15, 0.2) is 42.5 Å². The lowest BCUT2D eigenvalue weighted by Gasteiger charge is -2.27. The van der Waals surface area contributed by atoms with E-state index in [2.05, 4.69) is 36.9 Å². The molecular weight excluding hydrogens is 251 g/mol. The molecule has 0 aliphatic carbocycles. The van der Waals surface area contributed by atoms with Gasteiger partial charge in [0.2, 0.25) is 0 Å². The number of nitrogens with zero attached hydrogens (tertiary/aromatic N) is 1. The molecule has 0 radical (unpaired) electrons. The van der Waals surface area contributed by atoms with Crippen LogP contribution in [0.5, 0.6) is 0 Å². The normalized spacial score (nSPS) is 12.2. The van der Waals surface area contributed by atoms with Crippen molar-refractivity contribution in [2.45, 2.75) is 26.8 Å². The van der Waals surface area contributed by atoms with Crippen LogP contribution < -0.4 is 10.6 Å². The number of aryl methyl sites for hydroxylation is 1. The van der Waals surface area contributed by atoms with Crippen molar-refractivity contribution in [3.8, 4) is 0 Å². The zero-order valence-electron chi connectivity index (χ0n) is 12.2. The van der Waals surface area contributed by atoms with Gasteiger partial charge in [-0.05, 0) is 62.2 Å². The summed E-state index contributed by atoms with van der Waals surface area (Å²) in [6.07, 6.45) is 0. The van der Waals surface area contributed by atoms with E-state index in [1.165, 1.54) is 17.7 Å². The fourth-order valence-electron chi connectivity index (χ4n) is 2.42. The van der Waals surface area contributed by atoms with Crippen LogP contribution >= 0.6 is 0 Å². The summed E-state index contributed by atoms with van der Waals surface area (Å²) in [6, 6.07) is 12.9. The molecule has 1 atom stereocenters. The van der Waals surface area contributed by atoms with Gasteiger partial charge in [-0.1, -0.05) is 12.1 Å². The maximum atomic E-state index is 13.5. The van der Waals surface area contributed by atoms with Gasteiger partial charge in [-0.25, -0.2) is 4.39 Å². The Balaban J connectivity index is 2.52. The highest BCUT2D eigenvalue weighted by molar-refractivity contribution is 5.67. The Bertz CT molecular complexity index is 593. The molecular formula is C17H21FN2. The van der Waals surface area contributed by atoms with Crippen LogP contribution in [-0.4, -0.2) is 6.54 Å². The summed E-state index contributed by atoms with van der Waals surface area (Å²) in [5.41, 5.74) is 10.1. The summed E-state index contributed by atoms with van der Waals surface area (Å²) in [5.74, 6) is -0.249. The molecule has 106 valence electrons. The number of benzene rings is 2. The average Bonchev–Trinajstić information content (AvgIpc) is 2.41. The van der Waals surface area contributed by atoms with Gasteiger partial charge < -0.3 is 10.6 Å². The first-order chi connectivity index (χ1) is 9.52. The minimum atomic E-state index is -0.249. The highest BCUT2D eigenvalue weighted by atomic mass is 19.1.